The molecule has 90 valence electrons. The molecule has 0 radical (unpaired) electrons. The average molecular weight is 232 g/mol. The van der Waals surface area contributed by atoms with Crippen molar-refractivity contribution in [3.8, 4) is 0 Å². The molecule has 0 spiro atoms. The first-order valence-electron chi connectivity index (χ1n) is 5.62. The molecule has 0 aliphatic rings. The minimum atomic E-state index is -0.523. The Balaban J connectivity index is 1.68. The maximum Gasteiger partial charge on any atom is 0.108 e. The Morgan fingerprint density at radius 3 is 2.82 bits per heavy atom. The molecule has 1 atom stereocenters. The molecule has 1 unspecified atom stereocenters. The van der Waals surface area contributed by atoms with E-state index in [0.29, 0.717) is 19.6 Å². The van der Waals surface area contributed by atoms with Gasteiger partial charge in [0.2, 0.25) is 0 Å². The van der Waals surface area contributed by atoms with E-state index < -0.39 is 6.10 Å². The summed E-state index contributed by atoms with van der Waals surface area (Å²) in [6.07, 6.45) is 3.38. The molecule has 2 N–H and O–H groups in total. The molecule has 4 nitrogen and oxygen atoms in total. The van der Waals surface area contributed by atoms with Gasteiger partial charge in [0.15, 0.2) is 0 Å². The van der Waals surface area contributed by atoms with Gasteiger partial charge in [-0.05, 0) is 5.56 Å². The molecule has 17 heavy (non-hydrogen) atoms. The van der Waals surface area contributed by atoms with E-state index in [1.54, 1.807) is 12.4 Å². The van der Waals surface area contributed by atoms with Crippen LogP contribution in [0.1, 0.15) is 11.4 Å². The second-order valence-electron chi connectivity index (χ2n) is 3.89. The fourth-order valence-corrected chi connectivity index (χ4v) is 1.58. The van der Waals surface area contributed by atoms with Crippen LogP contribution >= 0.6 is 0 Å². The lowest BCUT2D eigenvalue weighted by atomic mass is 10.2. The molecule has 0 aliphatic heterocycles. The number of H-pyrrole nitrogens is 1. The number of hydrogen-bond donors (Lipinski definition) is 2. The average Bonchev–Trinajstić information content (AvgIpc) is 2.83. The lowest BCUT2D eigenvalue weighted by Gasteiger charge is -2.09. The van der Waals surface area contributed by atoms with Crippen molar-refractivity contribution in [2.24, 2.45) is 0 Å². The predicted molar refractivity (Wildman–Crippen MR) is 64.4 cm³/mol. The van der Waals surface area contributed by atoms with Gasteiger partial charge >= 0.3 is 0 Å². The summed E-state index contributed by atoms with van der Waals surface area (Å²) in [5, 5.41) is 9.71. The van der Waals surface area contributed by atoms with Crippen molar-refractivity contribution in [1.82, 2.24) is 9.97 Å². The van der Waals surface area contributed by atoms with Crippen LogP contribution in [0.15, 0.2) is 42.7 Å². The van der Waals surface area contributed by atoms with Crippen molar-refractivity contribution in [3.05, 3.63) is 54.1 Å². The van der Waals surface area contributed by atoms with E-state index in [2.05, 4.69) is 9.97 Å². The number of aromatic amines is 1. The Kier molecular flexibility index (Phi) is 4.30. The normalized spacial score (nSPS) is 12.5. The zero-order valence-electron chi connectivity index (χ0n) is 9.54. The zero-order valence-corrected chi connectivity index (χ0v) is 9.54. The van der Waals surface area contributed by atoms with E-state index in [1.807, 2.05) is 30.3 Å². The van der Waals surface area contributed by atoms with Crippen LogP contribution in [0, 0.1) is 0 Å². The standard InChI is InChI=1S/C13H16N2O2/c16-12(8-13-14-6-7-15-13)10-17-9-11-4-2-1-3-5-11/h1-7,12,16H,8-10H2,(H,14,15). The Labute approximate surface area is 100 Å². The number of benzene rings is 1. The minimum Gasteiger partial charge on any atom is -0.390 e. The van der Waals surface area contributed by atoms with E-state index >= 15 is 0 Å². The summed E-state index contributed by atoms with van der Waals surface area (Å²) in [6, 6.07) is 9.91. The van der Waals surface area contributed by atoms with Crippen LogP contribution in [0.2, 0.25) is 0 Å². The van der Waals surface area contributed by atoms with Gasteiger partial charge in [0.05, 0.1) is 19.3 Å². The van der Waals surface area contributed by atoms with Gasteiger partial charge in [-0.25, -0.2) is 4.98 Å². The number of aliphatic hydroxyl groups excluding tert-OH is 1. The third-order valence-electron chi connectivity index (χ3n) is 2.41. The molecule has 0 fully saturated rings. The molecule has 4 heteroatoms. The van der Waals surface area contributed by atoms with Gasteiger partial charge in [0.25, 0.3) is 0 Å². The van der Waals surface area contributed by atoms with Crippen molar-refractivity contribution in [2.45, 2.75) is 19.1 Å². The van der Waals surface area contributed by atoms with E-state index in [0.717, 1.165) is 11.4 Å². The molecule has 2 aromatic rings. The van der Waals surface area contributed by atoms with Gasteiger partial charge in [-0.15, -0.1) is 0 Å². The topological polar surface area (TPSA) is 58.1 Å². The molecule has 0 aliphatic carbocycles. The maximum absolute atomic E-state index is 9.71. The zero-order chi connectivity index (χ0) is 11.9. The summed E-state index contributed by atoms with van der Waals surface area (Å²) < 4.78 is 5.44. The van der Waals surface area contributed by atoms with Crippen LogP contribution in [-0.4, -0.2) is 27.8 Å². The number of imidazole rings is 1. The number of ether oxygens (including phenoxy) is 1. The first kappa shape index (κ1) is 11.8. The van der Waals surface area contributed by atoms with Gasteiger partial charge in [0.1, 0.15) is 5.82 Å². The van der Waals surface area contributed by atoms with Crippen LogP contribution < -0.4 is 0 Å². The highest BCUT2D eigenvalue weighted by atomic mass is 16.5. The summed E-state index contributed by atoms with van der Waals surface area (Å²) in [7, 11) is 0. The van der Waals surface area contributed by atoms with Crippen LogP contribution in [0.4, 0.5) is 0 Å². The van der Waals surface area contributed by atoms with E-state index in [-0.39, 0.29) is 0 Å². The number of rotatable bonds is 6. The van der Waals surface area contributed by atoms with Crippen molar-refractivity contribution in [1.29, 1.82) is 0 Å². The molecule has 0 saturated carbocycles. The number of nitrogens with zero attached hydrogens (tertiary/aromatic N) is 1. The summed E-state index contributed by atoms with van der Waals surface area (Å²) in [4.78, 5) is 7.00. The Morgan fingerprint density at radius 1 is 1.29 bits per heavy atom. The molecule has 2 rings (SSSR count). The summed E-state index contributed by atoms with van der Waals surface area (Å²) in [5.74, 6) is 0.779. The SMILES string of the molecule is OC(COCc1ccccc1)Cc1ncc[nH]1. The quantitative estimate of drug-likeness (QED) is 0.794. The number of aromatic nitrogens is 2. The van der Waals surface area contributed by atoms with Crippen molar-refractivity contribution >= 4 is 0 Å². The third kappa shape index (κ3) is 4.01. The van der Waals surface area contributed by atoms with Gasteiger partial charge in [-0.3, -0.25) is 0 Å². The summed E-state index contributed by atoms with van der Waals surface area (Å²) in [5.41, 5.74) is 1.11. The van der Waals surface area contributed by atoms with Crippen LogP contribution in [0.5, 0.6) is 0 Å². The van der Waals surface area contributed by atoms with Gasteiger partial charge in [-0.1, -0.05) is 30.3 Å². The smallest absolute Gasteiger partial charge is 0.108 e. The Morgan fingerprint density at radius 2 is 2.12 bits per heavy atom. The van der Waals surface area contributed by atoms with Crippen LogP contribution in [0.25, 0.3) is 0 Å². The monoisotopic (exact) mass is 232 g/mol. The van der Waals surface area contributed by atoms with E-state index in [9.17, 15) is 5.11 Å². The van der Waals surface area contributed by atoms with Crippen molar-refractivity contribution in [3.63, 3.8) is 0 Å². The Bertz CT molecular complexity index is 414. The number of aliphatic hydroxyl groups is 1. The fraction of sp³-hybridized carbons (Fsp3) is 0.308. The highest BCUT2D eigenvalue weighted by Gasteiger charge is 2.07. The molecular weight excluding hydrogens is 216 g/mol. The van der Waals surface area contributed by atoms with Gasteiger partial charge in [0, 0.05) is 18.8 Å². The second-order valence-corrected chi connectivity index (χ2v) is 3.89. The predicted octanol–water partition coefficient (Wildman–Crippen LogP) is 1.53. The molecule has 1 aromatic carbocycles. The first-order valence-corrected chi connectivity index (χ1v) is 5.62. The first-order chi connectivity index (χ1) is 8.34. The molecule has 0 saturated heterocycles. The van der Waals surface area contributed by atoms with E-state index in [4.69, 9.17) is 4.74 Å². The molecule has 1 heterocycles. The largest absolute Gasteiger partial charge is 0.390 e. The second kappa shape index (κ2) is 6.18. The molecule has 1 aromatic heterocycles. The molecular formula is C13H16N2O2. The number of nitrogens with one attached hydrogen (secondary N) is 1. The number of hydrogen-bond acceptors (Lipinski definition) is 3. The summed E-state index contributed by atoms with van der Waals surface area (Å²) in [6.45, 7) is 0.839. The highest BCUT2D eigenvalue weighted by molar-refractivity contribution is 5.13. The molecule has 0 amide bonds. The van der Waals surface area contributed by atoms with Crippen molar-refractivity contribution in [2.75, 3.05) is 6.61 Å². The van der Waals surface area contributed by atoms with E-state index in [1.165, 1.54) is 0 Å². The molecule has 0 bridgehead atoms. The third-order valence-corrected chi connectivity index (χ3v) is 2.41. The highest BCUT2D eigenvalue weighted by Crippen LogP contribution is 2.02. The summed E-state index contributed by atoms with van der Waals surface area (Å²) >= 11 is 0. The lowest BCUT2D eigenvalue weighted by Crippen LogP contribution is -2.18. The lowest BCUT2D eigenvalue weighted by molar-refractivity contribution is 0.0280. The fourth-order valence-electron chi connectivity index (χ4n) is 1.58. The maximum atomic E-state index is 9.71. The Hall–Kier alpha value is -1.65. The minimum absolute atomic E-state index is 0.315. The van der Waals surface area contributed by atoms with Crippen LogP contribution in [0.3, 0.4) is 0 Å². The van der Waals surface area contributed by atoms with Gasteiger partial charge in [-0.2, -0.15) is 0 Å². The van der Waals surface area contributed by atoms with Crippen molar-refractivity contribution < 1.29 is 9.84 Å². The van der Waals surface area contributed by atoms with Crippen LogP contribution in [-0.2, 0) is 17.8 Å². The van der Waals surface area contributed by atoms with Gasteiger partial charge < -0.3 is 14.8 Å².